The second-order valence-corrected chi connectivity index (χ2v) is 7.07. The number of hydrogen-bond acceptors (Lipinski definition) is 5. The van der Waals surface area contributed by atoms with Crippen molar-refractivity contribution in [1.82, 2.24) is 14.9 Å². The molecule has 0 atom stereocenters. The third-order valence-electron chi connectivity index (χ3n) is 5.09. The van der Waals surface area contributed by atoms with Crippen molar-refractivity contribution in [2.24, 2.45) is 0 Å². The molecule has 0 N–H and O–H groups in total. The van der Waals surface area contributed by atoms with Gasteiger partial charge < -0.3 is 9.64 Å². The number of hydrogen-bond donors (Lipinski definition) is 0. The van der Waals surface area contributed by atoms with Gasteiger partial charge in [0, 0.05) is 30.9 Å². The van der Waals surface area contributed by atoms with Gasteiger partial charge in [-0.1, -0.05) is 13.3 Å². The fourth-order valence-electron chi connectivity index (χ4n) is 3.44. The topological polar surface area (TPSA) is 79.1 Å². The van der Waals surface area contributed by atoms with E-state index in [0.717, 1.165) is 42.8 Å². The molecule has 6 nitrogen and oxygen atoms in total. The summed E-state index contributed by atoms with van der Waals surface area (Å²) >= 11 is 0. The van der Waals surface area contributed by atoms with Gasteiger partial charge in [-0.2, -0.15) is 5.26 Å². The fraction of sp³-hybridized carbons (Fsp3) is 0.455. The largest absolute Gasteiger partial charge is 0.492 e. The molecule has 1 fully saturated rings. The van der Waals surface area contributed by atoms with Crippen LogP contribution in [0.3, 0.4) is 0 Å². The van der Waals surface area contributed by atoms with Gasteiger partial charge in [0.15, 0.2) is 0 Å². The van der Waals surface area contributed by atoms with E-state index in [9.17, 15) is 10.1 Å². The Morgan fingerprint density at radius 2 is 2.11 bits per heavy atom. The maximum atomic E-state index is 12.6. The first-order valence-corrected chi connectivity index (χ1v) is 9.91. The summed E-state index contributed by atoms with van der Waals surface area (Å²) in [5, 5.41) is 9.26. The van der Waals surface area contributed by atoms with E-state index < -0.39 is 0 Å². The summed E-state index contributed by atoms with van der Waals surface area (Å²) in [5.41, 5.74) is 2.25. The molecular weight excluding hydrogens is 352 g/mol. The predicted molar refractivity (Wildman–Crippen MR) is 106 cm³/mol. The Hall–Kier alpha value is -2.94. The van der Waals surface area contributed by atoms with Crippen LogP contribution >= 0.6 is 0 Å². The first kappa shape index (κ1) is 19.8. The maximum absolute atomic E-state index is 12.6. The van der Waals surface area contributed by atoms with E-state index in [1.54, 1.807) is 24.5 Å². The number of pyridine rings is 2. The predicted octanol–water partition coefficient (Wildman–Crippen LogP) is 3.48. The van der Waals surface area contributed by atoms with Gasteiger partial charge in [0.25, 0.3) is 0 Å². The molecule has 2 aromatic rings. The molecule has 0 unspecified atom stereocenters. The maximum Gasteiger partial charge on any atom is 0.228 e. The van der Waals surface area contributed by atoms with Gasteiger partial charge in [-0.25, -0.2) is 0 Å². The molecule has 3 heterocycles. The SMILES string of the molecule is CCCCOc1ccc(CC(=O)N2CCC(c3ncccc3C#N)CC2)nc1. The van der Waals surface area contributed by atoms with Crippen LogP contribution in [0.15, 0.2) is 36.7 Å². The number of likely N-dealkylation sites (tertiary alicyclic amines) is 1. The van der Waals surface area contributed by atoms with Crippen LogP contribution < -0.4 is 4.74 Å². The van der Waals surface area contributed by atoms with Gasteiger partial charge >= 0.3 is 0 Å². The molecule has 0 spiro atoms. The normalized spacial score (nSPS) is 14.5. The van der Waals surface area contributed by atoms with Crippen LogP contribution in [0.4, 0.5) is 0 Å². The van der Waals surface area contributed by atoms with Crippen LogP contribution in [0.5, 0.6) is 5.75 Å². The van der Waals surface area contributed by atoms with E-state index in [4.69, 9.17) is 4.74 Å². The highest BCUT2D eigenvalue weighted by Crippen LogP contribution is 2.28. The van der Waals surface area contributed by atoms with E-state index in [1.807, 2.05) is 17.0 Å². The zero-order chi connectivity index (χ0) is 19.8. The molecule has 0 aliphatic carbocycles. The minimum atomic E-state index is 0.0899. The Morgan fingerprint density at radius 1 is 1.29 bits per heavy atom. The number of nitrogens with zero attached hydrogens (tertiary/aromatic N) is 4. The van der Waals surface area contributed by atoms with Gasteiger partial charge in [-0.15, -0.1) is 0 Å². The van der Waals surface area contributed by atoms with Crippen LogP contribution in [0.2, 0.25) is 0 Å². The zero-order valence-electron chi connectivity index (χ0n) is 16.3. The molecule has 0 bridgehead atoms. The second-order valence-electron chi connectivity index (χ2n) is 7.07. The fourth-order valence-corrected chi connectivity index (χ4v) is 3.44. The summed E-state index contributed by atoms with van der Waals surface area (Å²) in [4.78, 5) is 23.3. The Morgan fingerprint density at radius 3 is 2.79 bits per heavy atom. The highest BCUT2D eigenvalue weighted by molar-refractivity contribution is 5.78. The molecule has 0 saturated carbocycles. The van der Waals surface area contributed by atoms with Gasteiger partial charge in [0.05, 0.1) is 30.5 Å². The van der Waals surface area contributed by atoms with Gasteiger partial charge in [-0.05, 0) is 43.5 Å². The molecule has 1 saturated heterocycles. The molecular formula is C22H26N4O2. The monoisotopic (exact) mass is 378 g/mol. The van der Waals surface area contributed by atoms with Crippen LogP contribution in [0.1, 0.15) is 55.5 Å². The van der Waals surface area contributed by atoms with E-state index in [-0.39, 0.29) is 11.8 Å². The highest BCUT2D eigenvalue weighted by Gasteiger charge is 2.26. The van der Waals surface area contributed by atoms with E-state index in [1.165, 1.54) is 0 Å². The Bertz CT molecular complexity index is 821. The number of amides is 1. The summed E-state index contributed by atoms with van der Waals surface area (Å²) in [5.74, 6) is 1.07. The molecule has 1 amide bonds. The molecule has 0 radical (unpaired) electrons. The number of nitriles is 1. The average Bonchev–Trinajstić information content (AvgIpc) is 2.75. The summed E-state index contributed by atoms with van der Waals surface area (Å²) in [7, 11) is 0. The number of rotatable bonds is 7. The standard InChI is InChI=1S/C22H26N4O2/c1-2-3-13-28-20-7-6-19(25-16-20)14-21(27)26-11-8-17(9-12-26)22-18(15-23)5-4-10-24-22/h4-7,10,16-17H,2-3,8-9,11-14H2,1H3. The van der Waals surface area contributed by atoms with Gasteiger partial charge in [0.1, 0.15) is 11.8 Å². The molecule has 2 aromatic heterocycles. The van der Waals surface area contributed by atoms with Gasteiger partial charge in [-0.3, -0.25) is 14.8 Å². The lowest BCUT2D eigenvalue weighted by Crippen LogP contribution is -2.39. The summed E-state index contributed by atoms with van der Waals surface area (Å²) in [6.45, 7) is 4.18. The van der Waals surface area contributed by atoms with E-state index >= 15 is 0 Å². The molecule has 6 heteroatoms. The van der Waals surface area contributed by atoms with Gasteiger partial charge in [0.2, 0.25) is 5.91 Å². The van der Waals surface area contributed by atoms with Crippen molar-refractivity contribution < 1.29 is 9.53 Å². The van der Waals surface area contributed by atoms with Crippen molar-refractivity contribution in [3.63, 3.8) is 0 Å². The smallest absolute Gasteiger partial charge is 0.228 e. The van der Waals surface area contributed by atoms with E-state index in [2.05, 4.69) is 23.0 Å². The lowest BCUT2D eigenvalue weighted by atomic mass is 9.90. The average molecular weight is 378 g/mol. The number of carbonyl (C=O) groups is 1. The van der Waals surface area contributed by atoms with Crippen molar-refractivity contribution in [3.8, 4) is 11.8 Å². The Labute approximate surface area is 166 Å². The van der Waals surface area contributed by atoms with Crippen molar-refractivity contribution >= 4 is 5.91 Å². The molecule has 1 aliphatic rings. The van der Waals surface area contributed by atoms with Crippen molar-refractivity contribution in [3.05, 3.63) is 53.6 Å². The second kappa shape index (κ2) is 9.84. The molecule has 1 aliphatic heterocycles. The Kier molecular flexibility index (Phi) is 6.96. The van der Waals surface area contributed by atoms with Crippen LogP contribution in [0, 0.1) is 11.3 Å². The molecule has 3 rings (SSSR count). The number of unbranched alkanes of at least 4 members (excludes halogenated alkanes) is 1. The van der Waals surface area contributed by atoms with Crippen LogP contribution in [0.25, 0.3) is 0 Å². The quantitative estimate of drug-likeness (QED) is 0.689. The summed E-state index contributed by atoms with van der Waals surface area (Å²) in [6.07, 6.45) is 7.49. The lowest BCUT2D eigenvalue weighted by molar-refractivity contribution is -0.131. The number of piperidine rings is 1. The highest BCUT2D eigenvalue weighted by atomic mass is 16.5. The zero-order valence-corrected chi connectivity index (χ0v) is 16.3. The first-order valence-electron chi connectivity index (χ1n) is 9.91. The van der Waals surface area contributed by atoms with Crippen LogP contribution in [-0.4, -0.2) is 40.5 Å². The van der Waals surface area contributed by atoms with Crippen molar-refractivity contribution in [2.45, 2.75) is 44.9 Å². The van der Waals surface area contributed by atoms with Crippen LogP contribution in [-0.2, 0) is 11.2 Å². The Balaban J connectivity index is 1.51. The minimum absolute atomic E-state index is 0.0899. The van der Waals surface area contributed by atoms with Crippen molar-refractivity contribution in [2.75, 3.05) is 19.7 Å². The van der Waals surface area contributed by atoms with E-state index in [0.29, 0.717) is 31.7 Å². The molecule has 0 aromatic carbocycles. The third-order valence-corrected chi connectivity index (χ3v) is 5.09. The molecule has 28 heavy (non-hydrogen) atoms. The number of ether oxygens (including phenoxy) is 1. The number of carbonyl (C=O) groups excluding carboxylic acids is 1. The minimum Gasteiger partial charge on any atom is -0.492 e. The summed E-state index contributed by atoms with van der Waals surface area (Å²) in [6, 6.07) is 9.55. The third kappa shape index (κ3) is 5.07. The number of aromatic nitrogens is 2. The van der Waals surface area contributed by atoms with Crippen molar-refractivity contribution in [1.29, 1.82) is 5.26 Å². The summed E-state index contributed by atoms with van der Waals surface area (Å²) < 4.78 is 5.61. The molecule has 146 valence electrons. The first-order chi connectivity index (χ1) is 13.7. The lowest BCUT2D eigenvalue weighted by Gasteiger charge is -2.32.